The van der Waals surface area contributed by atoms with Crippen LogP contribution in [0.25, 0.3) is 5.57 Å². The number of morpholine rings is 1. The topological polar surface area (TPSA) is 158 Å². The molecule has 0 aromatic heterocycles. The fourth-order valence-corrected chi connectivity index (χ4v) is 14.7. The number of benzene rings is 5. The molecule has 14 nitrogen and oxygen atoms in total. The highest BCUT2D eigenvalue weighted by Gasteiger charge is 2.49. The highest BCUT2D eigenvalue weighted by molar-refractivity contribution is 7.99. The van der Waals surface area contributed by atoms with Crippen LogP contribution >= 0.6 is 23.4 Å². The molecule has 3 atom stereocenters. The Labute approximate surface area is 469 Å². The van der Waals surface area contributed by atoms with Gasteiger partial charge in [0.15, 0.2) is 0 Å². The number of hydrogen-bond donors (Lipinski definition) is 2. The van der Waals surface area contributed by atoms with E-state index in [0.29, 0.717) is 62.6 Å². The second kappa shape index (κ2) is 24.2. The van der Waals surface area contributed by atoms with Gasteiger partial charge in [0.2, 0.25) is 0 Å². The smallest absolute Gasteiger partial charge is 0.445 e. The molecule has 2 N–H and O–H groups in total. The molecule has 79 heavy (non-hydrogen) atoms. The zero-order valence-electron chi connectivity index (χ0n) is 43.6. The fraction of sp³-hybridized carbons (Fsp3) is 0.414. The standard InChI is InChI=1S/C58H64ClF3N6O8S3/c59-45-15-11-42(12-16-45)52-21-23-57(24-27-67(28-25-57)56(70)76-38-41-7-3-1-4-8-41)35-44(52)36-65-29-31-66(32-30-65)47-17-13-43(14-18-47)55(69)64-79(73,74)51-19-20-53(54(34-51)78(71,72)58(60,61)62)63-46(40-77-50-9-5-2-6-10-50)22-26-68-37-49-33-48(68)39-75-49/h1-20,34,46,48-49,63H,21-33,35-40H2,(H,64,69)/t46-,48-,49-/m1/s1. The molecule has 5 aliphatic rings. The van der Waals surface area contributed by atoms with Crippen LogP contribution in [0.1, 0.15) is 66.4 Å². The number of piperazine rings is 1. The number of rotatable bonds is 18. The Kier molecular flexibility index (Phi) is 17.4. The second-order valence-electron chi connectivity index (χ2n) is 21.2. The van der Waals surface area contributed by atoms with Crippen molar-refractivity contribution in [2.45, 2.75) is 89.9 Å². The van der Waals surface area contributed by atoms with Crippen molar-refractivity contribution in [1.82, 2.24) is 19.4 Å². The lowest BCUT2D eigenvalue weighted by atomic mass is 9.65. The van der Waals surface area contributed by atoms with Gasteiger partial charge in [-0.15, -0.1) is 11.8 Å². The van der Waals surface area contributed by atoms with Crippen molar-refractivity contribution in [3.05, 3.63) is 155 Å². The molecule has 0 radical (unpaired) electrons. The number of carbonyl (C=O) groups excluding carboxylic acids is 2. The van der Waals surface area contributed by atoms with E-state index in [1.807, 2.05) is 82.4 Å². The number of carbonyl (C=O) groups is 2. The van der Waals surface area contributed by atoms with E-state index in [1.54, 1.807) is 12.1 Å². The van der Waals surface area contributed by atoms with Crippen LogP contribution in [0.4, 0.5) is 29.3 Å². The number of anilines is 2. The lowest BCUT2D eigenvalue weighted by molar-refractivity contribution is -0.0436. The summed E-state index contributed by atoms with van der Waals surface area (Å²) in [6.45, 7) is 7.11. The predicted octanol–water partition coefficient (Wildman–Crippen LogP) is 10.4. The average molecular weight is 1160 g/mol. The molecule has 21 heteroatoms. The maximum absolute atomic E-state index is 14.3. The molecule has 1 spiro atoms. The fourth-order valence-electron chi connectivity index (χ4n) is 11.6. The quantitative estimate of drug-likeness (QED) is 0.0800. The van der Waals surface area contributed by atoms with Gasteiger partial charge in [-0.3, -0.25) is 14.6 Å². The van der Waals surface area contributed by atoms with Gasteiger partial charge in [0.1, 0.15) is 11.5 Å². The molecule has 2 amide bonds. The Bertz CT molecular complexity index is 3220. The number of sulfone groups is 1. The number of nitrogens with one attached hydrogen (secondary N) is 2. The summed E-state index contributed by atoms with van der Waals surface area (Å²) in [5, 5.41) is 3.71. The number of fused-ring (bicyclic) bond motifs is 2. The van der Waals surface area contributed by atoms with Crippen molar-refractivity contribution >= 4 is 72.2 Å². The predicted molar refractivity (Wildman–Crippen MR) is 300 cm³/mol. The molecule has 4 saturated heterocycles. The SMILES string of the molecule is O=C(NS(=O)(=O)c1ccc(N[C@H](CCN2C[C@H]3C[C@@H]2CO3)CSc2ccccc2)c(S(=O)(=O)C(F)(F)F)c1)c1ccc(N2CCN(CC3=C(c4ccc(Cl)cc4)CCC4(CCN(C(=O)OCc5ccccc5)CC4)C3)CC2)cc1. The Morgan fingerprint density at radius 2 is 1.53 bits per heavy atom. The van der Waals surface area contributed by atoms with E-state index in [0.717, 1.165) is 93.0 Å². The monoisotopic (exact) mass is 1160 g/mol. The van der Waals surface area contributed by atoms with E-state index in [9.17, 15) is 39.6 Å². The number of piperidine rings is 1. The highest BCUT2D eigenvalue weighted by atomic mass is 35.5. The molecule has 0 saturated carbocycles. The van der Waals surface area contributed by atoms with Gasteiger partial charge in [-0.05, 0) is 134 Å². The molecule has 0 unspecified atom stereocenters. The molecular formula is C58H64ClF3N6O8S3. The number of halogens is 4. The number of likely N-dealkylation sites (tertiary alicyclic amines) is 2. The molecule has 10 rings (SSSR count). The maximum atomic E-state index is 14.3. The number of ether oxygens (including phenoxy) is 2. The number of allylic oxidation sites excluding steroid dienone is 1. The molecule has 420 valence electrons. The number of amides is 2. The largest absolute Gasteiger partial charge is 0.501 e. The van der Waals surface area contributed by atoms with E-state index in [1.165, 1.54) is 40.6 Å². The van der Waals surface area contributed by atoms with Gasteiger partial charge in [-0.1, -0.05) is 77.8 Å². The molecular weight excluding hydrogens is 1100 g/mol. The van der Waals surface area contributed by atoms with E-state index >= 15 is 0 Å². The highest BCUT2D eigenvalue weighted by Crippen LogP contribution is 2.49. The summed E-state index contributed by atoms with van der Waals surface area (Å²) in [7, 11) is -11.0. The molecule has 5 aromatic rings. The summed E-state index contributed by atoms with van der Waals surface area (Å²) in [6, 6.07) is 35.7. The number of alkyl halides is 3. The first-order valence-electron chi connectivity index (χ1n) is 26.7. The minimum Gasteiger partial charge on any atom is -0.445 e. The number of thioether (sulfide) groups is 1. The van der Waals surface area contributed by atoms with Gasteiger partial charge in [0.25, 0.3) is 25.8 Å². The average Bonchev–Trinajstić information content (AvgIpc) is 4.15. The third-order valence-electron chi connectivity index (χ3n) is 16.1. The summed E-state index contributed by atoms with van der Waals surface area (Å²) < 4.78 is 110. The lowest BCUT2D eigenvalue weighted by Crippen LogP contribution is -2.48. The van der Waals surface area contributed by atoms with Gasteiger partial charge >= 0.3 is 11.6 Å². The third kappa shape index (κ3) is 13.6. The van der Waals surface area contributed by atoms with Crippen molar-refractivity contribution in [2.24, 2.45) is 5.41 Å². The molecule has 4 heterocycles. The summed E-state index contributed by atoms with van der Waals surface area (Å²) >= 11 is 7.77. The van der Waals surface area contributed by atoms with Crippen molar-refractivity contribution in [1.29, 1.82) is 0 Å². The number of sulfonamides is 1. The molecule has 1 aliphatic carbocycles. The van der Waals surface area contributed by atoms with Gasteiger partial charge in [0.05, 0.1) is 23.3 Å². The normalized spacial score (nSPS) is 20.4. The summed E-state index contributed by atoms with van der Waals surface area (Å²) in [5.74, 6) is -0.675. The van der Waals surface area contributed by atoms with Gasteiger partial charge in [0, 0.05) is 97.9 Å². The van der Waals surface area contributed by atoms with E-state index in [-0.39, 0.29) is 35.8 Å². The first-order valence-corrected chi connectivity index (χ1v) is 31.1. The second-order valence-corrected chi connectivity index (χ2v) is 26.4. The molecule has 4 aliphatic heterocycles. The Morgan fingerprint density at radius 3 is 2.19 bits per heavy atom. The summed E-state index contributed by atoms with van der Waals surface area (Å²) in [6.07, 6.45) is 5.87. The number of nitrogens with zero attached hydrogens (tertiary/aromatic N) is 4. The minimum absolute atomic E-state index is 0.0215. The van der Waals surface area contributed by atoms with Crippen LogP contribution < -0.4 is 14.9 Å². The Balaban J connectivity index is 0.771. The minimum atomic E-state index is -6.08. The van der Waals surface area contributed by atoms with Crippen LogP contribution in [-0.4, -0.2) is 138 Å². The molecule has 2 bridgehead atoms. The van der Waals surface area contributed by atoms with Crippen LogP contribution in [0.2, 0.25) is 5.02 Å². The van der Waals surface area contributed by atoms with Crippen LogP contribution in [-0.2, 0) is 35.9 Å². The molecule has 5 aromatic carbocycles. The zero-order valence-corrected chi connectivity index (χ0v) is 46.8. The van der Waals surface area contributed by atoms with Crippen molar-refractivity contribution < 1.29 is 49.1 Å². The lowest BCUT2D eigenvalue weighted by Gasteiger charge is -2.46. The summed E-state index contributed by atoms with van der Waals surface area (Å²) in [4.78, 5) is 34.2. The van der Waals surface area contributed by atoms with Crippen molar-refractivity contribution in [3.8, 4) is 0 Å². The van der Waals surface area contributed by atoms with Crippen LogP contribution in [0, 0.1) is 5.41 Å². The summed E-state index contributed by atoms with van der Waals surface area (Å²) in [5.41, 5.74) is -0.434. The van der Waals surface area contributed by atoms with Gasteiger partial charge < -0.3 is 24.6 Å². The van der Waals surface area contributed by atoms with Crippen molar-refractivity contribution in [3.63, 3.8) is 0 Å². The Hall–Kier alpha value is -5.61. The van der Waals surface area contributed by atoms with E-state index < -0.39 is 52.8 Å². The Morgan fingerprint density at radius 1 is 0.835 bits per heavy atom. The van der Waals surface area contributed by atoms with Crippen LogP contribution in [0.15, 0.2) is 148 Å². The van der Waals surface area contributed by atoms with Crippen LogP contribution in [0.3, 0.4) is 0 Å². The zero-order chi connectivity index (χ0) is 55.4. The van der Waals surface area contributed by atoms with E-state index in [2.05, 4.69) is 32.1 Å². The van der Waals surface area contributed by atoms with E-state index in [4.69, 9.17) is 21.1 Å². The maximum Gasteiger partial charge on any atom is 0.501 e. The van der Waals surface area contributed by atoms with Gasteiger partial charge in [-0.2, -0.15) is 13.2 Å². The molecule has 4 fully saturated rings. The van der Waals surface area contributed by atoms with Crippen LogP contribution in [0.5, 0.6) is 0 Å². The van der Waals surface area contributed by atoms with Crippen molar-refractivity contribution in [2.75, 3.05) is 81.5 Å². The van der Waals surface area contributed by atoms with Gasteiger partial charge in [-0.25, -0.2) is 26.4 Å². The first kappa shape index (κ1) is 56.7. The third-order valence-corrected chi connectivity index (χ3v) is 20.4. The first-order chi connectivity index (χ1) is 37.9. The number of hydrogen-bond acceptors (Lipinski definition) is 13.